The van der Waals surface area contributed by atoms with Crippen LogP contribution in [0.1, 0.15) is 27.7 Å². The van der Waals surface area contributed by atoms with E-state index < -0.39 is 0 Å². The van der Waals surface area contributed by atoms with Gasteiger partial charge >= 0.3 is 0 Å². The van der Waals surface area contributed by atoms with Gasteiger partial charge in [-0.15, -0.1) is 0 Å². The molecule has 0 spiro atoms. The van der Waals surface area contributed by atoms with Crippen molar-refractivity contribution in [3.63, 3.8) is 0 Å². The van der Waals surface area contributed by atoms with Gasteiger partial charge in [0.05, 0.1) is 5.35 Å². The van der Waals surface area contributed by atoms with E-state index >= 15 is 0 Å². The van der Waals surface area contributed by atoms with Crippen LogP contribution in [0.3, 0.4) is 0 Å². The lowest BCUT2D eigenvalue weighted by molar-refractivity contribution is 0.906. The molecule has 134 valence electrons. The highest BCUT2D eigenvalue weighted by Crippen LogP contribution is 2.14. The molecule has 26 heavy (non-hydrogen) atoms. The summed E-state index contributed by atoms with van der Waals surface area (Å²) in [4.78, 5) is 16.5. The third-order valence-corrected chi connectivity index (χ3v) is 4.47. The van der Waals surface area contributed by atoms with Crippen LogP contribution in [-0.2, 0) is 0 Å². The Bertz CT molecular complexity index is 956. The summed E-state index contributed by atoms with van der Waals surface area (Å²) in [5.41, 5.74) is 4.78. The maximum atomic E-state index is 4.29. The van der Waals surface area contributed by atoms with Gasteiger partial charge in [0.15, 0.2) is 5.84 Å². The summed E-state index contributed by atoms with van der Waals surface area (Å²) in [6, 6.07) is 0. The summed E-state index contributed by atoms with van der Waals surface area (Å²) < 4.78 is 0. The van der Waals surface area contributed by atoms with E-state index in [0.29, 0.717) is 5.92 Å². The maximum absolute atomic E-state index is 4.29. The summed E-state index contributed by atoms with van der Waals surface area (Å²) >= 11 is 0. The van der Waals surface area contributed by atoms with Crippen LogP contribution in [-0.4, -0.2) is 29.1 Å². The quantitative estimate of drug-likeness (QED) is 0.784. The standard InChI is InChI=1S/C12H14N2.C10H12N2/c1-8-4-10(3)11-6-13-7-14-12(11)5-9(8)2;1-4-8(2)9-6-5-7-12-10(9)11-3/h4-7,9H,1-3H3;4-7H,1H2,2-3H3/b;9-8-,11-10?. The molecule has 4 heteroatoms. The van der Waals surface area contributed by atoms with Crippen LogP contribution >= 0.6 is 0 Å². The molecule has 0 bridgehead atoms. The first-order valence-corrected chi connectivity index (χ1v) is 8.66. The van der Waals surface area contributed by atoms with Gasteiger partial charge in [0.1, 0.15) is 6.33 Å². The number of dihydropyridines is 1. The molecule has 2 heterocycles. The maximum Gasteiger partial charge on any atom is 0.154 e. The largest absolute Gasteiger partial charge is 0.270 e. The summed E-state index contributed by atoms with van der Waals surface area (Å²) in [7, 11) is 1.74. The van der Waals surface area contributed by atoms with Gasteiger partial charge in [-0.1, -0.05) is 37.3 Å². The minimum atomic E-state index is 0.459. The van der Waals surface area contributed by atoms with E-state index in [1.807, 2.05) is 31.3 Å². The van der Waals surface area contributed by atoms with Crippen molar-refractivity contribution in [3.05, 3.63) is 70.7 Å². The van der Waals surface area contributed by atoms with E-state index in [4.69, 9.17) is 0 Å². The number of hydrogen-bond acceptors (Lipinski definition) is 3. The van der Waals surface area contributed by atoms with Gasteiger partial charge in [-0.2, -0.15) is 0 Å². The molecule has 1 unspecified atom stereocenters. The Balaban J connectivity index is 0.000000190. The van der Waals surface area contributed by atoms with Crippen molar-refractivity contribution in [1.82, 2.24) is 9.97 Å². The minimum Gasteiger partial charge on any atom is -0.270 e. The summed E-state index contributed by atoms with van der Waals surface area (Å²) in [5.74, 6) is 1.23. The lowest BCUT2D eigenvalue weighted by Gasteiger charge is -2.06. The molecule has 4 nitrogen and oxygen atoms in total. The Labute approximate surface area is 155 Å². The molecule has 1 atom stereocenters. The Kier molecular flexibility index (Phi) is 6.73. The fourth-order valence-corrected chi connectivity index (χ4v) is 2.69. The lowest BCUT2D eigenvalue weighted by atomic mass is 10.0. The molecule has 1 aromatic heterocycles. The van der Waals surface area contributed by atoms with E-state index in [2.05, 4.69) is 59.5 Å². The predicted molar refractivity (Wildman–Crippen MR) is 112 cm³/mol. The van der Waals surface area contributed by atoms with Crippen LogP contribution in [0.25, 0.3) is 11.6 Å². The van der Waals surface area contributed by atoms with Crippen molar-refractivity contribution in [2.45, 2.75) is 27.7 Å². The number of aromatic nitrogens is 2. The first kappa shape index (κ1) is 19.4. The first-order chi connectivity index (χ1) is 12.5. The lowest BCUT2D eigenvalue weighted by Crippen LogP contribution is -2.29. The normalized spacial score (nSPS) is 21.7. The number of rotatable bonds is 1. The predicted octanol–water partition coefficient (Wildman–Crippen LogP) is 3.18. The van der Waals surface area contributed by atoms with E-state index in [9.17, 15) is 0 Å². The minimum absolute atomic E-state index is 0.459. The fourth-order valence-electron chi connectivity index (χ4n) is 2.69. The average Bonchev–Trinajstić information content (AvgIpc) is 2.78. The van der Waals surface area contributed by atoms with E-state index in [1.165, 1.54) is 11.1 Å². The zero-order valence-electron chi connectivity index (χ0n) is 16.2. The zero-order valence-corrected chi connectivity index (χ0v) is 16.2. The highest BCUT2D eigenvalue weighted by Gasteiger charge is 2.06. The van der Waals surface area contributed by atoms with Crippen molar-refractivity contribution in [2.24, 2.45) is 15.9 Å². The second kappa shape index (κ2) is 8.99. The van der Waals surface area contributed by atoms with Crippen molar-refractivity contribution >= 4 is 23.7 Å². The Morgan fingerprint density at radius 3 is 2.77 bits per heavy atom. The van der Waals surface area contributed by atoms with Gasteiger partial charge < -0.3 is 0 Å². The van der Waals surface area contributed by atoms with Crippen LogP contribution in [0.4, 0.5) is 0 Å². The third-order valence-electron chi connectivity index (χ3n) is 4.47. The fraction of sp³-hybridized carbons (Fsp3) is 0.273. The van der Waals surface area contributed by atoms with Crippen LogP contribution in [0, 0.1) is 5.92 Å². The average molecular weight is 346 g/mol. The van der Waals surface area contributed by atoms with E-state index in [-0.39, 0.29) is 0 Å². The number of aliphatic imine (C=N–C) groups is 2. The zero-order chi connectivity index (χ0) is 19.1. The number of hydrogen-bond donors (Lipinski definition) is 0. The van der Waals surface area contributed by atoms with Crippen LogP contribution in [0.2, 0.25) is 0 Å². The topological polar surface area (TPSA) is 50.5 Å². The number of nitrogens with zero attached hydrogens (tertiary/aromatic N) is 4. The molecule has 2 aliphatic rings. The van der Waals surface area contributed by atoms with Crippen molar-refractivity contribution in [3.8, 4) is 0 Å². The van der Waals surface area contributed by atoms with Gasteiger partial charge in [0.2, 0.25) is 0 Å². The number of fused-ring (bicyclic) bond motifs is 1. The van der Waals surface area contributed by atoms with Gasteiger partial charge in [0.25, 0.3) is 0 Å². The molecule has 0 saturated carbocycles. The smallest absolute Gasteiger partial charge is 0.154 e. The van der Waals surface area contributed by atoms with Crippen LogP contribution < -0.4 is 10.6 Å². The second-order valence-corrected chi connectivity index (χ2v) is 6.33. The van der Waals surface area contributed by atoms with Crippen molar-refractivity contribution in [2.75, 3.05) is 7.05 Å². The van der Waals surface area contributed by atoms with Gasteiger partial charge in [-0.25, -0.2) is 15.0 Å². The molecular formula is C22H26N4. The monoisotopic (exact) mass is 346 g/mol. The first-order valence-electron chi connectivity index (χ1n) is 8.66. The molecule has 1 aliphatic carbocycles. The molecule has 0 radical (unpaired) electrons. The van der Waals surface area contributed by atoms with Crippen molar-refractivity contribution in [1.29, 1.82) is 0 Å². The van der Waals surface area contributed by atoms with E-state index in [0.717, 1.165) is 27.5 Å². The molecular weight excluding hydrogens is 320 g/mol. The SMILES string of the molecule is C=C/C(C)=C1/C=CC=NC1=NC.CC1=CC(C)=c2cncnc2=CC1C. The van der Waals surface area contributed by atoms with Gasteiger partial charge in [-0.3, -0.25) is 4.99 Å². The molecule has 3 rings (SSSR count). The summed E-state index contributed by atoms with van der Waals surface area (Å²) in [5, 5.41) is 2.20. The Morgan fingerprint density at radius 1 is 1.31 bits per heavy atom. The van der Waals surface area contributed by atoms with Gasteiger partial charge in [0, 0.05) is 30.3 Å². The van der Waals surface area contributed by atoms with Crippen molar-refractivity contribution < 1.29 is 0 Å². The molecule has 0 aromatic carbocycles. The molecule has 0 N–H and O–H groups in total. The second-order valence-electron chi connectivity index (χ2n) is 6.33. The number of amidine groups is 1. The summed E-state index contributed by atoms with van der Waals surface area (Å²) in [6.07, 6.45) is 15.3. The molecule has 1 aromatic rings. The molecule has 0 saturated heterocycles. The molecule has 0 amide bonds. The van der Waals surface area contributed by atoms with Crippen LogP contribution in [0.15, 0.2) is 70.1 Å². The van der Waals surface area contributed by atoms with E-state index in [1.54, 1.807) is 19.6 Å². The number of allylic oxidation sites excluding steroid dienone is 5. The molecule has 0 fully saturated rings. The Hall–Kier alpha value is -2.88. The Morgan fingerprint density at radius 2 is 2.08 bits per heavy atom. The summed E-state index contributed by atoms with van der Waals surface area (Å²) in [6.45, 7) is 12.2. The molecule has 1 aliphatic heterocycles. The highest BCUT2D eigenvalue weighted by molar-refractivity contribution is 6.09. The van der Waals surface area contributed by atoms with Crippen LogP contribution in [0.5, 0.6) is 0 Å². The third kappa shape index (κ3) is 4.60. The highest BCUT2D eigenvalue weighted by atomic mass is 14.9. The van der Waals surface area contributed by atoms with Gasteiger partial charge in [-0.05, 0) is 50.0 Å².